The summed E-state index contributed by atoms with van der Waals surface area (Å²) < 4.78 is 0. The van der Waals surface area contributed by atoms with Crippen molar-refractivity contribution in [2.75, 3.05) is 0 Å². The Morgan fingerprint density at radius 3 is 2.48 bits per heavy atom. The molecule has 0 aliphatic heterocycles. The van der Waals surface area contributed by atoms with Crippen molar-refractivity contribution in [2.45, 2.75) is 78.2 Å². The second-order valence-electron chi connectivity index (χ2n) is 8.75. The first-order valence-electron chi connectivity index (χ1n) is 8.66. The second kappa shape index (κ2) is 5.57. The minimum Gasteiger partial charge on any atom is -0.390 e. The first-order chi connectivity index (χ1) is 9.63. The Balaban J connectivity index is 2.28. The van der Waals surface area contributed by atoms with Crippen LogP contribution in [-0.2, 0) is 0 Å². The van der Waals surface area contributed by atoms with Crippen LogP contribution in [-0.4, -0.2) is 10.7 Å². The van der Waals surface area contributed by atoms with Crippen LogP contribution >= 0.6 is 0 Å². The summed E-state index contributed by atoms with van der Waals surface area (Å²) in [6.45, 7) is 17.3. The minimum absolute atomic E-state index is 0.269. The van der Waals surface area contributed by atoms with E-state index in [4.69, 9.17) is 0 Å². The Bertz CT molecular complexity index is 418. The molecule has 0 aromatic heterocycles. The van der Waals surface area contributed by atoms with Crippen LogP contribution in [0.3, 0.4) is 0 Å². The average molecular weight is 290 g/mol. The standard InChI is InChI=1S/C20H34O/c1-7-15(2)9-10-17-19(5)13-8-12-18(3,4)16(19)11-14-20(17,6)21/h7,16-17,21H,1-2,8-14H2,3-6H3/t16-,17+,19-,20+/m0/s1. The van der Waals surface area contributed by atoms with E-state index in [0.717, 1.165) is 30.8 Å². The highest BCUT2D eigenvalue weighted by Gasteiger charge is 2.57. The van der Waals surface area contributed by atoms with E-state index >= 15 is 0 Å². The molecule has 21 heavy (non-hydrogen) atoms. The Labute approximate surface area is 131 Å². The van der Waals surface area contributed by atoms with Gasteiger partial charge in [-0.1, -0.05) is 52.0 Å². The molecule has 0 unspecified atom stereocenters. The van der Waals surface area contributed by atoms with Gasteiger partial charge in [-0.15, -0.1) is 0 Å². The van der Waals surface area contributed by atoms with Gasteiger partial charge in [0.05, 0.1) is 5.60 Å². The van der Waals surface area contributed by atoms with Crippen LogP contribution in [0.2, 0.25) is 0 Å². The fraction of sp³-hybridized carbons (Fsp3) is 0.800. The lowest BCUT2D eigenvalue weighted by atomic mass is 9.45. The van der Waals surface area contributed by atoms with Gasteiger partial charge in [-0.2, -0.15) is 0 Å². The van der Waals surface area contributed by atoms with Crippen LogP contribution in [0.5, 0.6) is 0 Å². The molecule has 2 saturated carbocycles. The lowest BCUT2D eigenvalue weighted by Gasteiger charge is -2.61. The molecular formula is C20H34O. The van der Waals surface area contributed by atoms with E-state index in [-0.39, 0.29) is 5.41 Å². The quantitative estimate of drug-likeness (QED) is 0.678. The number of allylic oxidation sites excluding steroid dienone is 2. The van der Waals surface area contributed by atoms with Crippen LogP contribution in [0, 0.1) is 22.7 Å². The number of hydrogen-bond donors (Lipinski definition) is 1. The van der Waals surface area contributed by atoms with E-state index in [1.807, 2.05) is 6.08 Å². The second-order valence-corrected chi connectivity index (χ2v) is 8.75. The molecule has 0 aromatic carbocycles. The average Bonchev–Trinajstić information content (AvgIpc) is 2.35. The maximum absolute atomic E-state index is 11.0. The van der Waals surface area contributed by atoms with Gasteiger partial charge in [0.25, 0.3) is 0 Å². The van der Waals surface area contributed by atoms with Gasteiger partial charge >= 0.3 is 0 Å². The minimum atomic E-state index is -0.528. The predicted molar refractivity (Wildman–Crippen MR) is 91.1 cm³/mol. The molecule has 2 rings (SSSR count). The van der Waals surface area contributed by atoms with Gasteiger partial charge in [-0.05, 0) is 68.1 Å². The molecule has 2 fully saturated rings. The summed E-state index contributed by atoms with van der Waals surface area (Å²) in [5.74, 6) is 1.11. The normalized spacial score (nSPS) is 42.1. The fourth-order valence-electron chi connectivity index (χ4n) is 5.70. The van der Waals surface area contributed by atoms with E-state index in [1.165, 1.54) is 25.7 Å². The van der Waals surface area contributed by atoms with Crippen LogP contribution in [0.25, 0.3) is 0 Å². The molecule has 2 aliphatic carbocycles. The van der Waals surface area contributed by atoms with Crippen LogP contribution < -0.4 is 0 Å². The molecular weight excluding hydrogens is 256 g/mol. The molecule has 1 N–H and O–H groups in total. The van der Waals surface area contributed by atoms with E-state index in [9.17, 15) is 5.11 Å². The highest BCUT2D eigenvalue weighted by molar-refractivity contribution is 5.13. The van der Waals surface area contributed by atoms with Crippen LogP contribution in [0.1, 0.15) is 72.6 Å². The summed E-state index contributed by atoms with van der Waals surface area (Å²) in [5.41, 5.74) is 1.26. The largest absolute Gasteiger partial charge is 0.390 e. The molecule has 0 amide bonds. The number of fused-ring (bicyclic) bond motifs is 1. The molecule has 1 nitrogen and oxygen atoms in total. The van der Waals surface area contributed by atoms with Crippen molar-refractivity contribution in [1.29, 1.82) is 0 Å². The van der Waals surface area contributed by atoms with E-state index < -0.39 is 5.60 Å². The van der Waals surface area contributed by atoms with Crippen molar-refractivity contribution in [1.82, 2.24) is 0 Å². The van der Waals surface area contributed by atoms with Gasteiger partial charge in [0.2, 0.25) is 0 Å². The molecule has 0 heterocycles. The lowest BCUT2D eigenvalue weighted by molar-refractivity contribution is -0.168. The summed E-state index contributed by atoms with van der Waals surface area (Å²) in [4.78, 5) is 0. The van der Waals surface area contributed by atoms with Gasteiger partial charge in [0.1, 0.15) is 0 Å². The van der Waals surface area contributed by atoms with Gasteiger partial charge in [-0.3, -0.25) is 0 Å². The number of hydrogen-bond acceptors (Lipinski definition) is 1. The lowest BCUT2D eigenvalue weighted by Crippen LogP contribution is -2.57. The number of aliphatic hydroxyl groups is 1. The summed E-state index contributed by atoms with van der Waals surface area (Å²) in [7, 11) is 0. The van der Waals surface area contributed by atoms with E-state index in [0.29, 0.717) is 11.3 Å². The maximum Gasteiger partial charge on any atom is 0.0653 e. The van der Waals surface area contributed by atoms with Crippen LogP contribution in [0.15, 0.2) is 24.8 Å². The molecule has 0 saturated heterocycles. The van der Waals surface area contributed by atoms with E-state index in [2.05, 4.69) is 40.9 Å². The monoisotopic (exact) mass is 290 g/mol. The van der Waals surface area contributed by atoms with Gasteiger partial charge in [0.15, 0.2) is 0 Å². The third kappa shape index (κ3) is 2.99. The first kappa shape index (κ1) is 16.8. The third-order valence-corrected chi connectivity index (χ3v) is 6.80. The van der Waals surface area contributed by atoms with Crippen molar-refractivity contribution < 1.29 is 5.11 Å². The van der Waals surface area contributed by atoms with Crippen molar-refractivity contribution in [3.8, 4) is 0 Å². The topological polar surface area (TPSA) is 20.2 Å². The third-order valence-electron chi connectivity index (χ3n) is 6.80. The summed E-state index contributed by atoms with van der Waals surface area (Å²) in [5, 5.41) is 11.0. The zero-order valence-electron chi connectivity index (χ0n) is 14.5. The maximum atomic E-state index is 11.0. The highest BCUT2D eigenvalue weighted by atomic mass is 16.3. The van der Waals surface area contributed by atoms with Crippen molar-refractivity contribution in [3.63, 3.8) is 0 Å². The summed E-state index contributed by atoms with van der Waals surface area (Å²) in [6.07, 6.45) is 9.90. The fourth-order valence-corrected chi connectivity index (χ4v) is 5.70. The Hall–Kier alpha value is -0.560. The van der Waals surface area contributed by atoms with E-state index in [1.54, 1.807) is 0 Å². The molecule has 4 atom stereocenters. The molecule has 120 valence electrons. The molecule has 1 heteroatoms. The molecule has 0 spiro atoms. The van der Waals surface area contributed by atoms with Crippen molar-refractivity contribution in [2.24, 2.45) is 22.7 Å². The predicted octanol–water partition coefficient (Wildman–Crippen LogP) is 5.50. The van der Waals surface area contributed by atoms with Crippen molar-refractivity contribution >= 4 is 0 Å². The SMILES string of the molecule is C=CC(=C)CC[C@@H]1[C@@]2(C)CCCC(C)(C)[C@@H]2CC[C@@]1(C)O. The highest BCUT2D eigenvalue weighted by Crippen LogP contribution is 2.62. The Morgan fingerprint density at radius 2 is 1.86 bits per heavy atom. The van der Waals surface area contributed by atoms with Gasteiger partial charge in [-0.25, -0.2) is 0 Å². The molecule has 0 aromatic rings. The molecule has 0 bridgehead atoms. The van der Waals surface area contributed by atoms with Crippen molar-refractivity contribution in [3.05, 3.63) is 24.8 Å². The van der Waals surface area contributed by atoms with Crippen LogP contribution in [0.4, 0.5) is 0 Å². The zero-order valence-corrected chi connectivity index (χ0v) is 14.5. The zero-order chi connectivity index (χ0) is 15.9. The Morgan fingerprint density at radius 1 is 1.19 bits per heavy atom. The molecule has 0 radical (unpaired) electrons. The Kier molecular flexibility index (Phi) is 4.46. The molecule has 2 aliphatic rings. The van der Waals surface area contributed by atoms with Gasteiger partial charge < -0.3 is 5.11 Å². The first-order valence-corrected chi connectivity index (χ1v) is 8.66. The van der Waals surface area contributed by atoms with Gasteiger partial charge in [0, 0.05) is 0 Å². The summed E-state index contributed by atoms with van der Waals surface area (Å²) in [6, 6.07) is 0. The summed E-state index contributed by atoms with van der Waals surface area (Å²) >= 11 is 0. The smallest absolute Gasteiger partial charge is 0.0653 e. The number of rotatable bonds is 4.